The largest absolute Gasteiger partial charge is 0.509 e. The summed E-state index contributed by atoms with van der Waals surface area (Å²) in [7, 11) is 0. The molecule has 56 heavy (non-hydrogen) atoms. The fourth-order valence-corrected chi connectivity index (χ4v) is 6.70. The molecule has 15 heteroatoms. The normalized spacial score (nSPS) is 27.7. The third kappa shape index (κ3) is 11.0. The molecule has 2 bridgehead atoms. The molecule has 2 heterocycles. The average Bonchev–Trinajstić information content (AvgIpc) is 3.21. The fourth-order valence-electron chi connectivity index (χ4n) is 6.70. The van der Waals surface area contributed by atoms with Crippen LogP contribution in [0.1, 0.15) is 122 Å². The second kappa shape index (κ2) is 16.6. The Labute approximate surface area is 329 Å². The molecule has 0 radical (unpaired) electrons. The maximum absolute atomic E-state index is 14.6. The van der Waals surface area contributed by atoms with Crippen molar-refractivity contribution in [2.24, 2.45) is 5.92 Å². The number of benzene rings is 1. The summed E-state index contributed by atoms with van der Waals surface area (Å²) in [5.41, 5.74) is -10.7. The second-order valence-corrected chi connectivity index (χ2v) is 18.6. The van der Waals surface area contributed by atoms with Gasteiger partial charge < -0.3 is 48.1 Å². The van der Waals surface area contributed by atoms with E-state index < -0.39 is 93.8 Å². The summed E-state index contributed by atoms with van der Waals surface area (Å²) in [5.74, 6) is -7.60. The lowest BCUT2D eigenvalue weighted by Crippen LogP contribution is -2.79. The summed E-state index contributed by atoms with van der Waals surface area (Å²) in [6, 6.07) is 9.57. The molecule has 0 amide bonds. The van der Waals surface area contributed by atoms with Gasteiger partial charge in [-0.3, -0.25) is 4.79 Å². The first-order valence-corrected chi connectivity index (χ1v) is 18.9. The van der Waals surface area contributed by atoms with Gasteiger partial charge in [0.1, 0.15) is 34.6 Å². The van der Waals surface area contributed by atoms with Gasteiger partial charge in [0.05, 0.1) is 0 Å². The van der Waals surface area contributed by atoms with E-state index in [1.54, 1.807) is 20.8 Å². The smallest absolute Gasteiger partial charge is 0.462 e. The van der Waals surface area contributed by atoms with Crippen molar-refractivity contribution in [3.05, 3.63) is 35.9 Å². The Hall–Kier alpha value is -3.79. The molecule has 316 valence electrons. The molecule has 2 N–H and O–H groups in total. The standard InChI is InChI=1S/C41H62O15/c1-24(23-26-19-16-15-17-20-26)27(49-25(2)42)21-18-22-39-29(50-34(47)55-38(12,13)14)28(43)41(56-39,33(46)54-37(9,10)11)40(48,32(45)53-36(6,7)8)30(51-39)31(44)52-35(3,4)5/h15-17,19-20,24,27-30,43,48H,18,21-23H2,1-14H3/t24-,27-,28-,29-,30-,39+,40-,41+/m1/s1. The third-order valence-corrected chi connectivity index (χ3v) is 8.75. The number of ether oxygens (including phenoxy) is 8. The van der Waals surface area contributed by atoms with Crippen LogP contribution >= 0.6 is 0 Å². The number of aliphatic hydroxyl groups excluding tert-OH is 1. The highest BCUT2D eigenvalue weighted by Crippen LogP contribution is 2.57. The number of fused-ring (bicyclic) bond motifs is 2. The van der Waals surface area contributed by atoms with Gasteiger partial charge >= 0.3 is 30.0 Å². The van der Waals surface area contributed by atoms with E-state index in [0.717, 1.165) is 5.56 Å². The van der Waals surface area contributed by atoms with Crippen LogP contribution in [0.4, 0.5) is 4.79 Å². The molecule has 15 nitrogen and oxygen atoms in total. The lowest BCUT2D eigenvalue weighted by molar-refractivity contribution is -0.378. The monoisotopic (exact) mass is 794 g/mol. The molecule has 1 aromatic rings. The Balaban J connectivity index is 2.28. The van der Waals surface area contributed by atoms with Gasteiger partial charge in [-0.2, -0.15) is 0 Å². The molecule has 0 aromatic heterocycles. The van der Waals surface area contributed by atoms with Crippen LogP contribution in [-0.4, -0.2) is 104 Å². The van der Waals surface area contributed by atoms with Crippen LogP contribution in [0.3, 0.4) is 0 Å². The fraction of sp³-hybridized carbons (Fsp3) is 0.732. The van der Waals surface area contributed by atoms with Crippen molar-refractivity contribution in [1.82, 2.24) is 0 Å². The predicted molar refractivity (Wildman–Crippen MR) is 200 cm³/mol. The summed E-state index contributed by atoms with van der Waals surface area (Å²) in [5, 5.41) is 25.1. The van der Waals surface area contributed by atoms with E-state index in [-0.39, 0.29) is 25.2 Å². The number of aliphatic hydroxyl groups is 2. The van der Waals surface area contributed by atoms with Crippen LogP contribution in [0.25, 0.3) is 0 Å². The summed E-state index contributed by atoms with van der Waals surface area (Å²) in [4.78, 5) is 68.8. The van der Waals surface area contributed by atoms with Crippen LogP contribution in [0, 0.1) is 5.92 Å². The van der Waals surface area contributed by atoms with Gasteiger partial charge in [0.15, 0.2) is 6.10 Å². The first-order valence-electron chi connectivity index (χ1n) is 18.9. The Morgan fingerprint density at radius 3 is 1.80 bits per heavy atom. The van der Waals surface area contributed by atoms with Crippen molar-refractivity contribution in [3.63, 3.8) is 0 Å². The number of hydrogen-bond acceptors (Lipinski definition) is 15. The van der Waals surface area contributed by atoms with Gasteiger partial charge in [0, 0.05) is 13.3 Å². The molecule has 0 spiro atoms. The summed E-state index contributed by atoms with van der Waals surface area (Å²) in [6.07, 6.45) is -8.53. The summed E-state index contributed by atoms with van der Waals surface area (Å²) >= 11 is 0. The molecule has 8 atom stereocenters. The van der Waals surface area contributed by atoms with Crippen LogP contribution in [0.2, 0.25) is 0 Å². The molecule has 0 saturated carbocycles. The minimum absolute atomic E-state index is 0.0360. The predicted octanol–water partition coefficient (Wildman–Crippen LogP) is 5.27. The third-order valence-electron chi connectivity index (χ3n) is 8.75. The number of carbonyl (C=O) groups is 5. The Morgan fingerprint density at radius 2 is 1.30 bits per heavy atom. The molecule has 2 aliphatic rings. The van der Waals surface area contributed by atoms with Gasteiger partial charge in [-0.05, 0) is 114 Å². The SMILES string of the molecule is CC(=O)O[C@H](CCC[C@]12O[C@H](C(=O)OC(C)(C)C)[C@@](O)(C(=O)OC(C)(C)C)[C@](C(=O)OC(C)(C)C)(O1)[C@H](O)[C@H]2OC(=O)OC(C)(C)C)[C@H](C)Cc1ccccc1. The number of rotatable bonds is 12. The van der Waals surface area contributed by atoms with Crippen molar-refractivity contribution in [3.8, 4) is 0 Å². The van der Waals surface area contributed by atoms with Crippen LogP contribution in [0.15, 0.2) is 30.3 Å². The number of carbonyl (C=O) groups excluding carboxylic acids is 5. The van der Waals surface area contributed by atoms with Crippen LogP contribution < -0.4 is 0 Å². The summed E-state index contributed by atoms with van der Waals surface area (Å²) in [6.45, 7) is 21.4. The van der Waals surface area contributed by atoms with Crippen LogP contribution in [-0.2, 0) is 63.5 Å². The van der Waals surface area contributed by atoms with E-state index in [1.807, 2.05) is 37.3 Å². The highest BCUT2D eigenvalue weighted by molar-refractivity contribution is 5.99. The maximum Gasteiger partial charge on any atom is 0.509 e. The van der Waals surface area contributed by atoms with E-state index >= 15 is 0 Å². The van der Waals surface area contributed by atoms with E-state index in [2.05, 4.69) is 0 Å². The lowest BCUT2D eigenvalue weighted by atomic mass is 9.74. The number of hydrogen-bond donors (Lipinski definition) is 2. The molecule has 2 aliphatic heterocycles. The first-order chi connectivity index (χ1) is 25.4. The second-order valence-electron chi connectivity index (χ2n) is 18.6. The van der Waals surface area contributed by atoms with Gasteiger partial charge in [0.2, 0.25) is 23.1 Å². The zero-order valence-electron chi connectivity index (χ0n) is 35.3. The maximum atomic E-state index is 14.6. The van der Waals surface area contributed by atoms with Crippen LogP contribution in [0.5, 0.6) is 0 Å². The summed E-state index contributed by atoms with van der Waals surface area (Å²) < 4.78 is 46.4. The van der Waals surface area contributed by atoms with Crippen molar-refractivity contribution in [2.45, 2.75) is 186 Å². The zero-order valence-corrected chi connectivity index (χ0v) is 35.3. The minimum atomic E-state index is -3.51. The lowest BCUT2D eigenvalue weighted by Gasteiger charge is -2.51. The minimum Gasteiger partial charge on any atom is -0.462 e. The van der Waals surface area contributed by atoms with Gasteiger partial charge in [-0.15, -0.1) is 0 Å². The molecule has 0 unspecified atom stereocenters. The molecule has 2 fully saturated rings. The van der Waals surface area contributed by atoms with E-state index in [1.165, 1.54) is 69.2 Å². The van der Waals surface area contributed by atoms with Gasteiger partial charge in [-0.25, -0.2) is 19.2 Å². The van der Waals surface area contributed by atoms with Crippen molar-refractivity contribution >= 4 is 30.0 Å². The van der Waals surface area contributed by atoms with Crippen molar-refractivity contribution < 1.29 is 72.1 Å². The number of esters is 4. The van der Waals surface area contributed by atoms with Crippen molar-refractivity contribution in [1.29, 1.82) is 0 Å². The zero-order chi connectivity index (χ0) is 42.9. The van der Waals surface area contributed by atoms with E-state index in [9.17, 15) is 34.2 Å². The quantitative estimate of drug-likeness (QED) is 0.205. The average molecular weight is 795 g/mol. The molecule has 1 aromatic carbocycles. The van der Waals surface area contributed by atoms with E-state index in [0.29, 0.717) is 6.42 Å². The molecule has 2 saturated heterocycles. The van der Waals surface area contributed by atoms with Gasteiger partial charge in [-0.1, -0.05) is 37.3 Å². The molecular weight excluding hydrogens is 732 g/mol. The first kappa shape index (κ1) is 46.6. The molecule has 3 rings (SSSR count). The Morgan fingerprint density at radius 1 is 0.786 bits per heavy atom. The van der Waals surface area contributed by atoms with Crippen molar-refractivity contribution in [2.75, 3.05) is 0 Å². The Bertz CT molecular complexity index is 1580. The highest BCUT2D eigenvalue weighted by atomic mass is 16.8. The van der Waals surface area contributed by atoms with E-state index in [4.69, 9.17) is 37.9 Å². The Kier molecular flexibility index (Phi) is 13.8. The highest BCUT2D eigenvalue weighted by Gasteiger charge is 2.86. The topological polar surface area (TPSA) is 200 Å². The van der Waals surface area contributed by atoms with Gasteiger partial charge in [0.25, 0.3) is 0 Å². The molecule has 0 aliphatic carbocycles. The molecular formula is C41H62O15.